The van der Waals surface area contributed by atoms with Crippen LogP contribution in [0.15, 0.2) is 29.6 Å². The number of thiazole rings is 1. The summed E-state index contributed by atoms with van der Waals surface area (Å²) < 4.78 is 5.70. The summed E-state index contributed by atoms with van der Waals surface area (Å²) in [5.41, 5.74) is 0.938. The quantitative estimate of drug-likeness (QED) is 0.748. The highest BCUT2D eigenvalue weighted by Crippen LogP contribution is 2.29. The molecule has 2 aromatic rings. The molecule has 1 fully saturated rings. The van der Waals surface area contributed by atoms with E-state index in [2.05, 4.69) is 4.98 Å². The van der Waals surface area contributed by atoms with E-state index in [1.807, 2.05) is 35.4 Å². The van der Waals surface area contributed by atoms with E-state index in [1.165, 1.54) is 0 Å². The summed E-state index contributed by atoms with van der Waals surface area (Å²) in [4.78, 5) is 18.5. The van der Waals surface area contributed by atoms with Crippen molar-refractivity contribution in [3.05, 3.63) is 45.4 Å². The van der Waals surface area contributed by atoms with E-state index in [1.54, 1.807) is 17.4 Å². The number of halogens is 1. The Kier molecular flexibility index (Phi) is 5.18. The van der Waals surface area contributed by atoms with Crippen LogP contribution in [-0.2, 0) is 17.9 Å². The lowest BCUT2D eigenvalue weighted by Crippen LogP contribution is -2.32. The molecule has 0 radical (unpaired) electrons. The summed E-state index contributed by atoms with van der Waals surface area (Å²) in [6.45, 7) is 2.92. The van der Waals surface area contributed by atoms with Crippen molar-refractivity contribution in [2.75, 3.05) is 0 Å². The van der Waals surface area contributed by atoms with Crippen LogP contribution in [0.25, 0.3) is 0 Å². The number of hydrogen-bond donors (Lipinski definition) is 0. The first-order chi connectivity index (χ1) is 11.2. The lowest BCUT2D eigenvalue weighted by atomic mass is 10.3. The van der Waals surface area contributed by atoms with Gasteiger partial charge in [-0.25, -0.2) is 4.98 Å². The van der Waals surface area contributed by atoms with E-state index in [9.17, 15) is 4.79 Å². The van der Waals surface area contributed by atoms with Crippen molar-refractivity contribution in [3.63, 3.8) is 0 Å². The molecule has 1 aromatic carbocycles. The van der Waals surface area contributed by atoms with Crippen molar-refractivity contribution in [1.29, 1.82) is 0 Å². The third-order valence-electron chi connectivity index (χ3n) is 3.70. The van der Waals surface area contributed by atoms with Crippen LogP contribution in [0.5, 0.6) is 5.75 Å². The standard InChI is InChI=1S/C17H19ClN2O2S/c1-2-17(21)20(14-6-7-14)9-13-11-23-16(19-13)10-22-15-5-3-4-12(18)8-15/h3-5,8,11,14H,2,6-7,9-10H2,1H3. The Hall–Kier alpha value is -1.59. The molecule has 6 heteroatoms. The molecule has 3 rings (SSSR count). The van der Waals surface area contributed by atoms with Gasteiger partial charge >= 0.3 is 0 Å². The lowest BCUT2D eigenvalue weighted by Gasteiger charge is -2.20. The first-order valence-electron chi connectivity index (χ1n) is 7.77. The zero-order valence-electron chi connectivity index (χ0n) is 13.0. The van der Waals surface area contributed by atoms with Crippen LogP contribution in [0.3, 0.4) is 0 Å². The number of benzene rings is 1. The number of hydrogen-bond acceptors (Lipinski definition) is 4. The molecule has 23 heavy (non-hydrogen) atoms. The van der Waals surface area contributed by atoms with Gasteiger partial charge in [-0.2, -0.15) is 0 Å². The van der Waals surface area contributed by atoms with Gasteiger partial charge in [-0.3, -0.25) is 4.79 Å². The van der Waals surface area contributed by atoms with E-state index >= 15 is 0 Å². The van der Waals surface area contributed by atoms with Gasteiger partial charge in [-0.1, -0.05) is 24.6 Å². The van der Waals surface area contributed by atoms with Gasteiger partial charge in [0.05, 0.1) is 12.2 Å². The molecule has 0 saturated heterocycles. The first kappa shape index (κ1) is 16.3. The van der Waals surface area contributed by atoms with Crippen LogP contribution < -0.4 is 4.74 Å². The maximum absolute atomic E-state index is 12.0. The lowest BCUT2D eigenvalue weighted by molar-refractivity contribution is -0.132. The minimum absolute atomic E-state index is 0.206. The molecule has 0 spiro atoms. The molecule has 1 aromatic heterocycles. The third kappa shape index (κ3) is 4.45. The smallest absolute Gasteiger partial charge is 0.222 e. The van der Waals surface area contributed by atoms with Crippen molar-refractivity contribution in [3.8, 4) is 5.75 Å². The Morgan fingerprint density at radius 1 is 1.48 bits per heavy atom. The summed E-state index contributed by atoms with van der Waals surface area (Å²) in [5.74, 6) is 0.937. The van der Waals surface area contributed by atoms with Gasteiger partial charge in [0.2, 0.25) is 5.91 Å². The highest BCUT2D eigenvalue weighted by Gasteiger charge is 2.32. The van der Waals surface area contributed by atoms with Crippen molar-refractivity contribution < 1.29 is 9.53 Å². The normalized spacial score (nSPS) is 13.8. The number of ether oxygens (including phenoxy) is 1. The fraction of sp³-hybridized carbons (Fsp3) is 0.412. The molecule has 122 valence electrons. The molecule has 1 amide bonds. The van der Waals surface area contributed by atoms with Crippen molar-refractivity contribution >= 4 is 28.8 Å². The second-order valence-electron chi connectivity index (χ2n) is 5.58. The van der Waals surface area contributed by atoms with Gasteiger partial charge in [-0.05, 0) is 31.0 Å². The van der Waals surface area contributed by atoms with Crippen LogP contribution in [0.2, 0.25) is 5.02 Å². The number of aromatic nitrogens is 1. The largest absolute Gasteiger partial charge is 0.486 e. The highest BCUT2D eigenvalue weighted by atomic mass is 35.5. The average molecular weight is 351 g/mol. The monoisotopic (exact) mass is 350 g/mol. The van der Waals surface area contributed by atoms with E-state index < -0.39 is 0 Å². The van der Waals surface area contributed by atoms with Crippen molar-refractivity contribution in [1.82, 2.24) is 9.88 Å². The molecule has 1 aliphatic rings. The summed E-state index contributed by atoms with van der Waals surface area (Å²) in [5, 5.41) is 3.56. The average Bonchev–Trinajstić information content (AvgIpc) is 3.29. The number of amides is 1. The molecule has 0 bridgehead atoms. The molecule has 1 saturated carbocycles. The number of rotatable bonds is 7. The third-order valence-corrected chi connectivity index (χ3v) is 4.81. The second kappa shape index (κ2) is 7.32. The minimum atomic E-state index is 0.206. The Labute approximate surface area is 145 Å². The van der Waals surface area contributed by atoms with Crippen LogP contribution in [0.4, 0.5) is 0 Å². The van der Waals surface area contributed by atoms with E-state index in [0.717, 1.165) is 29.3 Å². The maximum atomic E-state index is 12.0. The molecule has 0 unspecified atom stereocenters. The molecule has 1 heterocycles. The summed E-state index contributed by atoms with van der Waals surface area (Å²) >= 11 is 7.50. The molecule has 0 N–H and O–H groups in total. The number of carbonyl (C=O) groups excluding carboxylic acids is 1. The fourth-order valence-electron chi connectivity index (χ4n) is 2.37. The van der Waals surface area contributed by atoms with Crippen molar-refractivity contribution in [2.45, 2.75) is 45.4 Å². The number of nitrogens with zero attached hydrogens (tertiary/aromatic N) is 2. The predicted octanol–water partition coefficient (Wildman–Crippen LogP) is 4.28. The SMILES string of the molecule is CCC(=O)N(Cc1csc(COc2cccc(Cl)c2)n1)C1CC1. The van der Waals surface area contributed by atoms with Gasteiger partial charge < -0.3 is 9.64 Å². The zero-order valence-corrected chi connectivity index (χ0v) is 14.6. The van der Waals surface area contributed by atoms with Crippen LogP contribution in [0, 0.1) is 0 Å². The summed E-state index contributed by atoms with van der Waals surface area (Å²) in [7, 11) is 0. The summed E-state index contributed by atoms with van der Waals surface area (Å²) in [6, 6.07) is 7.73. The van der Waals surface area contributed by atoms with Gasteiger partial charge in [0, 0.05) is 22.9 Å². The summed E-state index contributed by atoms with van der Waals surface area (Å²) in [6.07, 6.45) is 2.77. The Morgan fingerprint density at radius 2 is 2.30 bits per heavy atom. The van der Waals surface area contributed by atoms with Crippen LogP contribution in [0.1, 0.15) is 36.9 Å². The Bertz CT molecular complexity index is 685. The molecule has 0 aliphatic heterocycles. The maximum Gasteiger partial charge on any atom is 0.222 e. The number of carbonyl (C=O) groups is 1. The van der Waals surface area contributed by atoms with E-state index in [-0.39, 0.29) is 5.91 Å². The fourth-order valence-corrected chi connectivity index (χ4v) is 3.25. The van der Waals surface area contributed by atoms with E-state index in [4.69, 9.17) is 16.3 Å². The molecule has 1 aliphatic carbocycles. The predicted molar refractivity (Wildman–Crippen MR) is 91.8 cm³/mol. The van der Waals surface area contributed by atoms with E-state index in [0.29, 0.717) is 30.6 Å². The Morgan fingerprint density at radius 3 is 3.00 bits per heavy atom. The highest BCUT2D eigenvalue weighted by molar-refractivity contribution is 7.09. The van der Waals surface area contributed by atoms with Crippen LogP contribution >= 0.6 is 22.9 Å². The van der Waals surface area contributed by atoms with Gasteiger partial charge in [0.25, 0.3) is 0 Å². The first-order valence-corrected chi connectivity index (χ1v) is 9.02. The molecular weight excluding hydrogens is 332 g/mol. The van der Waals surface area contributed by atoms with Crippen LogP contribution in [-0.4, -0.2) is 21.8 Å². The minimum Gasteiger partial charge on any atom is -0.486 e. The Balaban J connectivity index is 1.58. The topological polar surface area (TPSA) is 42.4 Å². The molecular formula is C17H19ClN2O2S. The zero-order chi connectivity index (χ0) is 16.2. The molecule has 4 nitrogen and oxygen atoms in total. The molecule has 0 atom stereocenters. The van der Waals surface area contributed by atoms with Gasteiger partial charge in [-0.15, -0.1) is 11.3 Å². The van der Waals surface area contributed by atoms with Crippen molar-refractivity contribution in [2.24, 2.45) is 0 Å². The second-order valence-corrected chi connectivity index (χ2v) is 6.96. The van der Waals surface area contributed by atoms with Gasteiger partial charge in [0.1, 0.15) is 17.4 Å². The van der Waals surface area contributed by atoms with Gasteiger partial charge in [0.15, 0.2) is 0 Å².